The van der Waals surface area contributed by atoms with E-state index in [1.807, 2.05) is 25.1 Å². The molecule has 0 spiro atoms. The summed E-state index contributed by atoms with van der Waals surface area (Å²) in [5.41, 5.74) is 0.972. The van der Waals surface area contributed by atoms with Crippen LogP contribution in [0.2, 0.25) is 0 Å². The fraction of sp³-hybridized carbons (Fsp3) is 0.286. The Morgan fingerprint density at radius 3 is 2.84 bits per heavy atom. The number of aromatic nitrogens is 3. The molecular weight excluding hydrogens is 240 g/mol. The molecule has 2 rings (SSSR count). The summed E-state index contributed by atoms with van der Waals surface area (Å²) < 4.78 is 1.35. The zero-order valence-corrected chi connectivity index (χ0v) is 10.7. The highest BCUT2D eigenvalue weighted by Crippen LogP contribution is 2.12. The largest absolute Gasteiger partial charge is 0.284 e. The van der Waals surface area contributed by atoms with Crippen molar-refractivity contribution in [2.75, 3.05) is 0 Å². The average molecular weight is 254 g/mol. The highest BCUT2D eigenvalue weighted by molar-refractivity contribution is 5.55. The maximum absolute atomic E-state index is 11.9. The monoisotopic (exact) mass is 254 g/mol. The lowest BCUT2D eigenvalue weighted by atomic mass is 10.2. The molecule has 0 aliphatic carbocycles. The van der Waals surface area contributed by atoms with Gasteiger partial charge in [-0.1, -0.05) is 19.4 Å². The van der Waals surface area contributed by atoms with Crippen LogP contribution < -0.4 is 5.56 Å². The minimum atomic E-state index is -0.337. The zero-order chi connectivity index (χ0) is 13.7. The summed E-state index contributed by atoms with van der Waals surface area (Å²) in [6.45, 7) is 2.56. The zero-order valence-electron chi connectivity index (χ0n) is 10.7. The second-order valence-electron chi connectivity index (χ2n) is 4.15. The normalized spacial score (nSPS) is 10.1. The number of aryl methyl sites for hydroxylation is 1. The molecule has 5 heteroatoms. The third kappa shape index (κ3) is 2.86. The number of rotatable bonds is 4. The first kappa shape index (κ1) is 13.0. The number of pyridine rings is 1. The van der Waals surface area contributed by atoms with Crippen LogP contribution in [0.3, 0.4) is 0 Å². The van der Waals surface area contributed by atoms with Gasteiger partial charge >= 0.3 is 0 Å². The summed E-state index contributed by atoms with van der Waals surface area (Å²) >= 11 is 0. The lowest BCUT2D eigenvalue weighted by molar-refractivity contribution is 0.543. The summed E-state index contributed by atoms with van der Waals surface area (Å²) in [5.74, 6) is 0. The van der Waals surface area contributed by atoms with Crippen molar-refractivity contribution in [2.45, 2.75) is 26.3 Å². The van der Waals surface area contributed by atoms with E-state index in [0.717, 1.165) is 12.8 Å². The van der Waals surface area contributed by atoms with E-state index >= 15 is 0 Å². The minimum Gasteiger partial charge on any atom is -0.266 e. The Hall–Kier alpha value is -2.48. The predicted octanol–water partition coefficient (Wildman–Crippen LogP) is 1.98. The van der Waals surface area contributed by atoms with Gasteiger partial charge in [-0.3, -0.25) is 9.78 Å². The van der Waals surface area contributed by atoms with Crippen LogP contribution in [0, 0.1) is 11.3 Å². The van der Waals surface area contributed by atoms with E-state index in [9.17, 15) is 4.79 Å². The number of nitriles is 1. The molecule has 2 aromatic rings. The Morgan fingerprint density at radius 2 is 2.21 bits per heavy atom. The Labute approximate surface area is 111 Å². The SMILES string of the molecule is CCCCn1nc(-c2ccccn2)cc(C#N)c1=O. The lowest BCUT2D eigenvalue weighted by Crippen LogP contribution is -2.25. The maximum atomic E-state index is 11.9. The summed E-state index contributed by atoms with van der Waals surface area (Å²) in [6.07, 6.45) is 3.47. The van der Waals surface area contributed by atoms with Crippen molar-refractivity contribution in [3.63, 3.8) is 0 Å². The van der Waals surface area contributed by atoms with E-state index < -0.39 is 0 Å². The topological polar surface area (TPSA) is 71.6 Å². The van der Waals surface area contributed by atoms with Crippen LogP contribution in [0.1, 0.15) is 25.3 Å². The van der Waals surface area contributed by atoms with Crippen LogP contribution in [-0.4, -0.2) is 14.8 Å². The van der Waals surface area contributed by atoms with Crippen molar-refractivity contribution in [1.29, 1.82) is 5.26 Å². The third-order valence-corrected chi connectivity index (χ3v) is 2.75. The molecule has 0 atom stereocenters. The molecule has 0 aromatic carbocycles. The quantitative estimate of drug-likeness (QED) is 0.836. The van der Waals surface area contributed by atoms with E-state index in [1.165, 1.54) is 10.7 Å². The summed E-state index contributed by atoms with van der Waals surface area (Å²) in [4.78, 5) is 16.1. The molecule has 0 N–H and O–H groups in total. The number of hydrogen-bond acceptors (Lipinski definition) is 4. The van der Waals surface area contributed by atoms with E-state index in [4.69, 9.17) is 5.26 Å². The van der Waals surface area contributed by atoms with Gasteiger partial charge in [0.05, 0.1) is 5.69 Å². The van der Waals surface area contributed by atoms with Crippen molar-refractivity contribution in [3.05, 3.63) is 46.4 Å². The third-order valence-electron chi connectivity index (χ3n) is 2.75. The fourth-order valence-corrected chi connectivity index (χ4v) is 1.72. The number of nitrogens with zero attached hydrogens (tertiary/aromatic N) is 4. The first-order valence-corrected chi connectivity index (χ1v) is 6.20. The van der Waals surface area contributed by atoms with Gasteiger partial charge in [-0.05, 0) is 24.6 Å². The number of unbranched alkanes of at least 4 members (excludes halogenated alkanes) is 1. The second kappa shape index (κ2) is 5.91. The molecule has 0 amide bonds. The van der Waals surface area contributed by atoms with Crippen molar-refractivity contribution in [1.82, 2.24) is 14.8 Å². The van der Waals surface area contributed by atoms with Crippen LogP contribution >= 0.6 is 0 Å². The van der Waals surface area contributed by atoms with E-state index in [1.54, 1.807) is 12.3 Å². The molecule has 0 aliphatic heterocycles. The fourth-order valence-electron chi connectivity index (χ4n) is 1.72. The predicted molar refractivity (Wildman–Crippen MR) is 71.4 cm³/mol. The van der Waals surface area contributed by atoms with Gasteiger partial charge < -0.3 is 0 Å². The van der Waals surface area contributed by atoms with Crippen LogP contribution in [-0.2, 0) is 6.54 Å². The molecule has 0 bridgehead atoms. The molecule has 2 aromatic heterocycles. The Kier molecular flexibility index (Phi) is 4.04. The Morgan fingerprint density at radius 1 is 1.37 bits per heavy atom. The standard InChI is InChI=1S/C14H14N4O/c1-2-3-8-18-14(19)11(10-15)9-13(17-18)12-6-4-5-7-16-12/h4-7,9H,2-3,8H2,1H3. The van der Waals surface area contributed by atoms with E-state index in [2.05, 4.69) is 10.1 Å². The van der Waals surface area contributed by atoms with Gasteiger partial charge in [0.15, 0.2) is 0 Å². The van der Waals surface area contributed by atoms with Crippen molar-refractivity contribution in [3.8, 4) is 17.5 Å². The molecule has 0 saturated heterocycles. The number of hydrogen-bond donors (Lipinski definition) is 0. The van der Waals surface area contributed by atoms with Crippen molar-refractivity contribution < 1.29 is 0 Å². The van der Waals surface area contributed by atoms with Gasteiger partial charge in [0, 0.05) is 12.7 Å². The van der Waals surface area contributed by atoms with E-state index in [0.29, 0.717) is 17.9 Å². The molecule has 0 fully saturated rings. The first-order chi connectivity index (χ1) is 9.26. The molecule has 0 aliphatic rings. The maximum Gasteiger partial charge on any atom is 0.284 e. The smallest absolute Gasteiger partial charge is 0.266 e. The summed E-state index contributed by atoms with van der Waals surface area (Å²) in [5, 5.41) is 13.3. The highest BCUT2D eigenvalue weighted by Gasteiger charge is 2.09. The first-order valence-electron chi connectivity index (χ1n) is 6.20. The molecule has 0 saturated carbocycles. The van der Waals surface area contributed by atoms with Gasteiger partial charge in [0.25, 0.3) is 5.56 Å². The van der Waals surface area contributed by atoms with Crippen LogP contribution in [0.15, 0.2) is 35.3 Å². The molecule has 96 valence electrons. The van der Waals surface area contributed by atoms with Crippen LogP contribution in [0.5, 0.6) is 0 Å². The molecule has 19 heavy (non-hydrogen) atoms. The summed E-state index contributed by atoms with van der Waals surface area (Å²) in [7, 11) is 0. The molecule has 5 nitrogen and oxygen atoms in total. The van der Waals surface area contributed by atoms with Crippen molar-refractivity contribution >= 4 is 0 Å². The molecule has 0 unspecified atom stereocenters. The average Bonchev–Trinajstić information content (AvgIpc) is 2.47. The Balaban J connectivity index is 2.52. The molecule has 2 heterocycles. The van der Waals surface area contributed by atoms with Gasteiger partial charge in [-0.15, -0.1) is 0 Å². The van der Waals surface area contributed by atoms with Crippen LogP contribution in [0.25, 0.3) is 11.4 Å². The van der Waals surface area contributed by atoms with Crippen molar-refractivity contribution in [2.24, 2.45) is 0 Å². The van der Waals surface area contributed by atoms with Gasteiger partial charge in [0.1, 0.15) is 17.3 Å². The summed E-state index contributed by atoms with van der Waals surface area (Å²) in [6, 6.07) is 8.87. The van der Waals surface area contributed by atoms with E-state index in [-0.39, 0.29) is 11.1 Å². The lowest BCUT2D eigenvalue weighted by Gasteiger charge is -2.07. The minimum absolute atomic E-state index is 0.103. The second-order valence-corrected chi connectivity index (χ2v) is 4.15. The highest BCUT2D eigenvalue weighted by atomic mass is 16.1. The molecular formula is C14H14N4O. The van der Waals surface area contributed by atoms with Gasteiger partial charge in [0.2, 0.25) is 0 Å². The Bertz CT molecular complexity index is 655. The van der Waals surface area contributed by atoms with Gasteiger partial charge in [-0.25, -0.2) is 4.68 Å². The van der Waals surface area contributed by atoms with Gasteiger partial charge in [-0.2, -0.15) is 10.4 Å². The van der Waals surface area contributed by atoms with Crippen LogP contribution in [0.4, 0.5) is 0 Å². The molecule has 0 radical (unpaired) electrons.